The van der Waals surface area contributed by atoms with Crippen LogP contribution in [0.4, 0.5) is 0 Å². The first-order chi connectivity index (χ1) is 3.41. The third kappa shape index (κ3) is 29.2. The van der Waals surface area contributed by atoms with Gasteiger partial charge < -0.3 is 5.32 Å². The van der Waals surface area contributed by atoms with Crippen LogP contribution in [0.3, 0.4) is 0 Å². The Bertz CT molecular complexity index is 30.0. The Morgan fingerprint density at radius 3 is 1.50 bits per heavy atom. The fourth-order valence-corrected chi connectivity index (χ4v) is 0.224. The van der Waals surface area contributed by atoms with Crippen molar-refractivity contribution in [2.75, 3.05) is 13.1 Å². The Labute approximate surface area is 69.1 Å². The van der Waals surface area contributed by atoms with Crippen LogP contribution in [-0.2, 0) is 24.3 Å². The Balaban J connectivity index is -0.0000000750. The molecule has 0 radical (unpaired) electrons. The Hall–Kier alpha value is 0.790. The molecule has 0 aromatic carbocycles. The molecule has 0 bridgehead atoms. The predicted octanol–water partition coefficient (Wildman–Crippen LogP) is 1.70. The topological polar surface area (TPSA) is 31.2 Å². The number of hydrogen-bond donors (Lipinski definition) is 0. The quantitative estimate of drug-likeness (QED) is 0.764. The van der Waals surface area contributed by atoms with E-state index in [1.807, 2.05) is 13.8 Å². The van der Waals surface area contributed by atoms with Crippen molar-refractivity contribution in [2.45, 2.75) is 13.8 Å². The van der Waals surface area contributed by atoms with Crippen molar-refractivity contribution in [3.63, 3.8) is 0 Å². The Morgan fingerprint density at radius 2 is 1.50 bits per heavy atom. The molecule has 0 unspecified atom stereocenters. The summed E-state index contributed by atoms with van der Waals surface area (Å²) in [7, 11) is 0. The van der Waals surface area contributed by atoms with Gasteiger partial charge in [-0.1, -0.05) is 13.8 Å². The summed E-state index contributed by atoms with van der Waals surface area (Å²) in [4.78, 5) is 0. The molecule has 0 fully saturated rings. The van der Waals surface area contributed by atoms with Gasteiger partial charge in [-0.05, 0) is 0 Å². The van der Waals surface area contributed by atoms with Crippen LogP contribution in [0.2, 0.25) is 0 Å². The third-order valence-corrected chi connectivity index (χ3v) is 0.447. The van der Waals surface area contributed by atoms with Crippen molar-refractivity contribution in [1.82, 2.24) is 0 Å². The van der Waals surface area contributed by atoms with E-state index in [0.717, 1.165) is 13.1 Å². The summed E-state index contributed by atoms with van der Waals surface area (Å²) in [5, 5.41) is 3.97. The summed E-state index contributed by atoms with van der Waals surface area (Å²) >= 11 is 0.194. The van der Waals surface area contributed by atoms with Gasteiger partial charge in [0, 0.05) is 0 Å². The zero-order valence-electron chi connectivity index (χ0n) is 5.13. The fraction of sp³-hybridized carbons (Fsp3) is 1.00. The monoisotopic (exact) mass is 305 g/mol. The van der Waals surface area contributed by atoms with Crippen molar-refractivity contribution in [2.24, 2.45) is 0 Å². The van der Waals surface area contributed by atoms with E-state index >= 15 is 0 Å². The van der Waals surface area contributed by atoms with E-state index in [2.05, 4.69) is 5.32 Å². The van der Waals surface area contributed by atoms with Crippen molar-refractivity contribution >= 4 is 12.4 Å². The minimum atomic E-state index is 0. The van der Waals surface area contributed by atoms with Gasteiger partial charge in [0.1, 0.15) is 0 Å². The number of rotatable bonds is 2. The molecule has 2 nitrogen and oxygen atoms in total. The number of halogens is 1. The van der Waals surface area contributed by atoms with E-state index in [9.17, 15) is 0 Å². The summed E-state index contributed by atoms with van der Waals surface area (Å²) in [5.74, 6) is 0. The van der Waals surface area contributed by atoms with Gasteiger partial charge in [-0.2, -0.15) is 13.1 Å². The molecule has 0 saturated heterocycles. The number of nitrogens with zero attached hydrogens (tertiary/aromatic N) is 1. The second kappa shape index (κ2) is 25.0. The van der Waals surface area contributed by atoms with Gasteiger partial charge >= 0.3 is 24.3 Å². The summed E-state index contributed by atoms with van der Waals surface area (Å²) in [5.41, 5.74) is 0. The zero-order chi connectivity index (χ0) is 6.12. The van der Waals surface area contributed by atoms with Crippen LogP contribution in [0.5, 0.6) is 0 Å². The molecular weight excluding hydrogens is 294 g/mol. The van der Waals surface area contributed by atoms with Gasteiger partial charge in [0.15, 0.2) is 0 Å². The Kier molecular flexibility index (Phi) is 49.7. The molecular formula is C4H11ClNOTa-. The van der Waals surface area contributed by atoms with E-state index in [-0.39, 0.29) is 33.4 Å². The van der Waals surface area contributed by atoms with Crippen LogP contribution in [0.15, 0.2) is 0 Å². The van der Waals surface area contributed by atoms with Crippen LogP contribution < -0.4 is 0 Å². The van der Waals surface area contributed by atoms with Crippen molar-refractivity contribution in [3.8, 4) is 0 Å². The first-order valence-corrected chi connectivity index (χ1v) is 3.54. The molecule has 0 amide bonds. The molecule has 0 rings (SSSR count). The molecule has 8 heavy (non-hydrogen) atoms. The van der Waals surface area contributed by atoms with Crippen LogP contribution in [0.25, 0.3) is 5.32 Å². The second-order valence-corrected chi connectivity index (χ2v) is 0.856. The van der Waals surface area contributed by atoms with E-state index in [0.29, 0.717) is 0 Å². The summed E-state index contributed by atoms with van der Waals surface area (Å²) in [6.07, 6.45) is 0. The normalized spacial score (nSPS) is 5.62. The third-order valence-electron chi connectivity index (χ3n) is 0.447. The minimum absolute atomic E-state index is 0. The zero-order valence-corrected chi connectivity index (χ0v) is 9.16. The first kappa shape index (κ1) is 15.9. The van der Waals surface area contributed by atoms with Gasteiger partial charge in [0.2, 0.25) is 0 Å². The van der Waals surface area contributed by atoms with Gasteiger partial charge in [0.25, 0.3) is 0 Å². The van der Waals surface area contributed by atoms with E-state index < -0.39 is 0 Å². The van der Waals surface area contributed by atoms with Crippen LogP contribution in [-0.4, -0.2) is 13.1 Å². The SMILES string of the molecule is CC[N-]CC.Cl.[O]=[Ta]. The summed E-state index contributed by atoms with van der Waals surface area (Å²) < 4.78 is 8.36. The molecule has 0 aromatic heterocycles. The van der Waals surface area contributed by atoms with Gasteiger partial charge in [-0.25, -0.2) is 0 Å². The van der Waals surface area contributed by atoms with Gasteiger partial charge in [-0.15, -0.1) is 12.4 Å². The molecule has 0 heterocycles. The van der Waals surface area contributed by atoms with Crippen LogP contribution in [0.1, 0.15) is 13.8 Å². The van der Waals surface area contributed by atoms with Gasteiger partial charge in [-0.3, -0.25) is 0 Å². The van der Waals surface area contributed by atoms with Crippen molar-refractivity contribution < 1.29 is 24.3 Å². The molecule has 0 aromatic rings. The van der Waals surface area contributed by atoms with E-state index in [4.69, 9.17) is 3.25 Å². The fourth-order valence-electron chi connectivity index (χ4n) is 0.224. The molecule has 0 aliphatic carbocycles. The summed E-state index contributed by atoms with van der Waals surface area (Å²) in [6.45, 7) is 6.03. The average molecular weight is 306 g/mol. The molecule has 0 saturated carbocycles. The first-order valence-electron chi connectivity index (χ1n) is 2.23. The molecule has 51 valence electrons. The molecule has 0 aliphatic rings. The number of hydrogen-bond acceptors (Lipinski definition) is 1. The van der Waals surface area contributed by atoms with Crippen LogP contribution >= 0.6 is 12.4 Å². The standard InChI is InChI=1S/C4H10N.ClH.O.Ta/c1-3-5-4-2;;;/h3-4H2,1-2H3;1H;;/q-1;;;. The van der Waals surface area contributed by atoms with Gasteiger partial charge in [0.05, 0.1) is 0 Å². The maximum absolute atomic E-state index is 8.36. The molecule has 0 spiro atoms. The molecule has 4 heteroatoms. The maximum atomic E-state index is 8.36. The average Bonchev–Trinajstić information content (AvgIpc) is 1.75. The van der Waals surface area contributed by atoms with E-state index in [1.165, 1.54) is 0 Å². The Morgan fingerprint density at radius 1 is 1.25 bits per heavy atom. The van der Waals surface area contributed by atoms with E-state index in [1.54, 1.807) is 0 Å². The molecule has 0 N–H and O–H groups in total. The van der Waals surface area contributed by atoms with Crippen LogP contribution in [0, 0.1) is 0 Å². The van der Waals surface area contributed by atoms with Crippen molar-refractivity contribution in [1.29, 1.82) is 0 Å². The van der Waals surface area contributed by atoms with Crippen molar-refractivity contribution in [3.05, 3.63) is 5.32 Å². The summed E-state index contributed by atoms with van der Waals surface area (Å²) in [6, 6.07) is 0. The predicted molar refractivity (Wildman–Crippen MR) is 32.4 cm³/mol. The molecule has 0 aliphatic heterocycles. The molecule has 0 atom stereocenters. The second-order valence-electron chi connectivity index (χ2n) is 0.856.